The first-order chi connectivity index (χ1) is 9.70. The lowest BCUT2D eigenvalue weighted by atomic mass is 10.2. The molecule has 6 heteroatoms. The largest absolute Gasteiger partial charge is 0.463 e. The first-order valence-electron chi connectivity index (χ1n) is 6.39. The van der Waals surface area contributed by atoms with Crippen LogP contribution in [0.15, 0.2) is 35.8 Å². The monoisotopic (exact) mass is 289 g/mol. The third-order valence-corrected chi connectivity index (χ3v) is 3.74. The van der Waals surface area contributed by atoms with Crippen LogP contribution in [0, 0.1) is 6.92 Å². The van der Waals surface area contributed by atoms with Gasteiger partial charge >= 0.3 is 6.03 Å². The summed E-state index contributed by atoms with van der Waals surface area (Å²) in [6.07, 6.45) is 1.75. The molecule has 1 aromatic heterocycles. The van der Waals surface area contributed by atoms with Crippen molar-refractivity contribution in [3.63, 3.8) is 0 Å². The van der Waals surface area contributed by atoms with Crippen LogP contribution in [-0.2, 0) is 0 Å². The molecule has 0 bridgehead atoms. The molecule has 1 saturated heterocycles. The van der Waals surface area contributed by atoms with Crippen LogP contribution in [0.25, 0.3) is 0 Å². The number of aryl methyl sites for hydroxylation is 1. The summed E-state index contributed by atoms with van der Waals surface area (Å²) in [5.74, 6) is 0. The van der Waals surface area contributed by atoms with E-state index in [1.165, 1.54) is 11.3 Å². The maximum absolute atomic E-state index is 12.0. The number of ether oxygens (including phenoxy) is 1. The van der Waals surface area contributed by atoms with E-state index < -0.39 is 0 Å². The Bertz CT molecular complexity index is 594. The second-order valence-corrected chi connectivity index (χ2v) is 5.60. The minimum atomic E-state index is -0.0883. The molecule has 20 heavy (non-hydrogen) atoms. The van der Waals surface area contributed by atoms with E-state index in [1.54, 1.807) is 11.1 Å². The van der Waals surface area contributed by atoms with Crippen LogP contribution in [0.1, 0.15) is 5.56 Å². The Morgan fingerprint density at radius 2 is 2.35 bits per heavy atom. The van der Waals surface area contributed by atoms with Gasteiger partial charge in [0.1, 0.15) is 6.10 Å². The van der Waals surface area contributed by atoms with Crippen molar-refractivity contribution in [2.24, 2.45) is 0 Å². The molecule has 0 radical (unpaired) electrons. The van der Waals surface area contributed by atoms with Crippen LogP contribution in [0.3, 0.4) is 0 Å². The molecule has 0 saturated carbocycles. The van der Waals surface area contributed by atoms with Gasteiger partial charge in [0.05, 0.1) is 13.1 Å². The highest BCUT2D eigenvalue weighted by molar-refractivity contribution is 7.11. The molecule has 0 spiro atoms. The number of thiazole rings is 1. The zero-order valence-electron chi connectivity index (χ0n) is 11.1. The Hall–Kier alpha value is -2.08. The molecule has 2 amide bonds. The van der Waals surface area contributed by atoms with Gasteiger partial charge in [0.25, 0.3) is 5.19 Å². The van der Waals surface area contributed by atoms with Crippen molar-refractivity contribution >= 4 is 23.1 Å². The van der Waals surface area contributed by atoms with Gasteiger partial charge in [0, 0.05) is 17.3 Å². The Labute approximate surface area is 121 Å². The van der Waals surface area contributed by atoms with E-state index in [-0.39, 0.29) is 12.1 Å². The molecule has 2 heterocycles. The number of urea groups is 1. The predicted octanol–water partition coefficient (Wildman–Crippen LogP) is 2.75. The summed E-state index contributed by atoms with van der Waals surface area (Å²) in [7, 11) is 0. The number of nitrogens with one attached hydrogen (secondary N) is 1. The zero-order chi connectivity index (χ0) is 13.9. The van der Waals surface area contributed by atoms with Crippen LogP contribution in [0.5, 0.6) is 5.19 Å². The molecule has 104 valence electrons. The summed E-state index contributed by atoms with van der Waals surface area (Å²) < 4.78 is 5.63. The Morgan fingerprint density at radius 1 is 1.50 bits per heavy atom. The standard InChI is InChI=1S/C14H15N3O2S/c1-10-3-2-4-11(7-10)16-13(18)17-8-12(9-17)19-14-15-5-6-20-14/h2-7,12H,8-9H2,1H3,(H,16,18). The third kappa shape index (κ3) is 2.91. The molecule has 1 aromatic carbocycles. The molecule has 1 N–H and O–H groups in total. The minimum absolute atomic E-state index is 0.0457. The summed E-state index contributed by atoms with van der Waals surface area (Å²) in [4.78, 5) is 17.8. The Kier molecular flexibility index (Phi) is 3.56. The van der Waals surface area contributed by atoms with Gasteiger partial charge in [-0.2, -0.15) is 0 Å². The third-order valence-electron chi connectivity index (χ3n) is 3.08. The van der Waals surface area contributed by atoms with Gasteiger partial charge < -0.3 is 15.0 Å². The molecular formula is C14H15N3O2S. The number of carbonyl (C=O) groups is 1. The quantitative estimate of drug-likeness (QED) is 0.945. The van der Waals surface area contributed by atoms with Crippen LogP contribution in [0.2, 0.25) is 0 Å². The molecule has 0 atom stereocenters. The fourth-order valence-corrected chi connectivity index (χ4v) is 2.57. The lowest BCUT2D eigenvalue weighted by Gasteiger charge is -2.38. The number of amides is 2. The summed E-state index contributed by atoms with van der Waals surface area (Å²) in [6, 6.07) is 7.66. The highest BCUT2D eigenvalue weighted by atomic mass is 32.1. The average Bonchev–Trinajstić information content (AvgIpc) is 2.86. The van der Waals surface area contributed by atoms with Gasteiger partial charge in [-0.25, -0.2) is 9.78 Å². The van der Waals surface area contributed by atoms with Gasteiger partial charge in [-0.3, -0.25) is 0 Å². The molecule has 1 aliphatic heterocycles. The van der Waals surface area contributed by atoms with Crippen molar-refractivity contribution in [2.75, 3.05) is 18.4 Å². The smallest absolute Gasteiger partial charge is 0.322 e. The van der Waals surface area contributed by atoms with Gasteiger partial charge in [-0.05, 0) is 24.6 Å². The van der Waals surface area contributed by atoms with E-state index in [4.69, 9.17) is 4.74 Å². The van der Waals surface area contributed by atoms with Gasteiger partial charge in [0.15, 0.2) is 0 Å². The first kappa shape index (κ1) is 12.9. The van der Waals surface area contributed by atoms with E-state index in [9.17, 15) is 4.79 Å². The lowest BCUT2D eigenvalue weighted by molar-refractivity contribution is 0.0491. The van der Waals surface area contributed by atoms with E-state index in [1.807, 2.05) is 36.6 Å². The summed E-state index contributed by atoms with van der Waals surface area (Å²) >= 11 is 1.46. The number of anilines is 1. The van der Waals surface area contributed by atoms with E-state index >= 15 is 0 Å². The molecule has 5 nitrogen and oxygen atoms in total. The van der Waals surface area contributed by atoms with Crippen molar-refractivity contribution in [1.82, 2.24) is 9.88 Å². The summed E-state index contributed by atoms with van der Waals surface area (Å²) in [5.41, 5.74) is 1.94. The van der Waals surface area contributed by atoms with Crippen LogP contribution in [-0.4, -0.2) is 35.1 Å². The molecule has 0 unspecified atom stereocenters. The van der Waals surface area contributed by atoms with Gasteiger partial charge in [-0.15, -0.1) is 0 Å². The maximum atomic E-state index is 12.0. The molecule has 1 aliphatic rings. The molecule has 1 fully saturated rings. The predicted molar refractivity (Wildman–Crippen MR) is 78.3 cm³/mol. The number of rotatable bonds is 3. The number of hydrogen-bond donors (Lipinski definition) is 1. The number of aromatic nitrogens is 1. The number of nitrogens with zero attached hydrogens (tertiary/aromatic N) is 2. The van der Waals surface area contributed by atoms with Crippen molar-refractivity contribution in [3.05, 3.63) is 41.4 Å². The minimum Gasteiger partial charge on any atom is -0.463 e. The second kappa shape index (κ2) is 5.50. The molecule has 3 rings (SSSR count). The van der Waals surface area contributed by atoms with E-state index in [0.717, 1.165) is 11.3 Å². The Morgan fingerprint density at radius 3 is 3.05 bits per heavy atom. The number of carbonyl (C=O) groups excluding carboxylic acids is 1. The Balaban J connectivity index is 1.48. The lowest BCUT2D eigenvalue weighted by Crippen LogP contribution is -2.57. The number of hydrogen-bond acceptors (Lipinski definition) is 4. The topological polar surface area (TPSA) is 54.5 Å². The SMILES string of the molecule is Cc1cccc(NC(=O)N2CC(Oc3nccs3)C2)c1. The number of benzene rings is 1. The maximum Gasteiger partial charge on any atom is 0.322 e. The first-order valence-corrected chi connectivity index (χ1v) is 7.27. The van der Waals surface area contributed by atoms with Crippen molar-refractivity contribution < 1.29 is 9.53 Å². The van der Waals surface area contributed by atoms with E-state index in [0.29, 0.717) is 18.3 Å². The van der Waals surface area contributed by atoms with Crippen LogP contribution in [0.4, 0.5) is 10.5 Å². The highest BCUT2D eigenvalue weighted by Crippen LogP contribution is 2.21. The molecule has 0 aliphatic carbocycles. The van der Waals surface area contributed by atoms with Gasteiger partial charge in [-0.1, -0.05) is 23.5 Å². The van der Waals surface area contributed by atoms with Gasteiger partial charge in [0.2, 0.25) is 0 Å². The summed E-state index contributed by atoms with van der Waals surface area (Å²) in [6.45, 7) is 3.19. The normalized spacial score (nSPS) is 14.8. The van der Waals surface area contributed by atoms with E-state index in [2.05, 4.69) is 10.3 Å². The molecular weight excluding hydrogens is 274 g/mol. The zero-order valence-corrected chi connectivity index (χ0v) is 11.9. The second-order valence-electron chi connectivity index (χ2n) is 4.74. The summed E-state index contributed by atoms with van der Waals surface area (Å²) in [5, 5.41) is 5.41. The van der Waals surface area contributed by atoms with Crippen LogP contribution < -0.4 is 10.1 Å². The van der Waals surface area contributed by atoms with Crippen molar-refractivity contribution in [3.8, 4) is 5.19 Å². The van der Waals surface area contributed by atoms with Crippen molar-refractivity contribution in [1.29, 1.82) is 0 Å². The highest BCUT2D eigenvalue weighted by Gasteiger charge is 2.32. The average molecular weight is 289 g/mol. The fraction of sp³-hybridized carbons (Fsp3) is 0.286. The van der Waals surface area contributed by atoms with Crippen LogP contribution >= 0.6 is 11.3 Å². The number of likely N-dealkylation sites (tertiary alicyclic amines) is 1. The fourth-order valence-electron chi connectivity index (χ4n) is 2.01. The van der Waals surface area contributed by atoms with Crippen molar-refractivity contribution in [2.45, 2.75) is 13.0 Å². The molecule has 2 aromatic rings.